The van der Waals surface area contributed by atoms with Crippen molar-refractivity contribution in [2.75, 3.05) is 4.90 Å². The molecule has 1 saturated heterocycles. The summed E-state index contributed by atoms with van der Waals surface area (Å²) in [4.78, 5) is 25.4. The normalized spacial score (nSPS) is 19.2. The van der Waals surface area contributed by atoms with Crippen LogP contribution in [-0.4, -0.2) is 16.9 Å². The SMILES string of the molecule is Cc1c(O)cccc1N1C(=O)CC(C)(C)CC1=O. The van der Waals surface area contributed by atoms with Crippen molar-refractivity contribution in [3.63, 3.8) is 0 Å². The molecule has 0 bridgehead atoms. The van der Waals surface area contributed by atoms with Crippen LogP contribution >= 0.6 is 0 Å². The van der Waals surface area contributed by atoms with E-state index in [1.807, 2.05) is 13.8 Å². The lowest BCUT2D eigenvalue weighted by atomic mass is 9.81. The number of phenols is 1. The number of aromatic hydroxyl groups is 1. The number of carbonyl (C=O) groups excluding carboxylic acids is 2. The Balaban J connectivity index is 2.42. The maximum Gasteiger partial charge on any atom is 0.234 e. The molecule has 2 rings (SSSR count). The van der Waals surface area contributed by atoms with Gasteiger partial charge in [0.25, 0.3) is 0 Å². The van der Waals surface area contributed by atoms with Crippen LogP contribution in [0.2, 0.25) is 0 Å². The van der Waals surface area contributed by atoms with E-state index < -0.39 is 0 Å². The van der Waals surface area contributed by atoms with Gasteiger partial charge in [-0.3, -0.25) is 14.5 Å². The fourth-order valence-corrected chi connectivity index (χ4v) is 2.30. The quantitative estimate of drug-likeness (QED) is 0.775. The summed E-state index contributed by atoms with van der Waals surface area (Å²) >= 11 is 0. The Labute approximate surface area is 106 Å². The maximum atomic E-state index is 12.1. The van der Waals surface area contributed by atoms with Gasteiger partial charge in [-0.1, -0.05) is 19.9 Å². The minimum Gasteiger partial charge on any atom is -0.508 e. The van der Waals surface area contributed by atoms with Crippen molar-refractivity contribution in [1.82, 2.24) is 0 Å². The zero-order valence-electron chi connectivity index (χ0n) is 10.9. The molecule has 0 unspecified atom stereocenters. The first-order chi connectivity index (χ1) is 8.32. The Morgan fingerprint density at radius 1 is 1.17 bits per heavy atom. The van der Waals surface area contributed by atoms with Crippen molar-refractivity contribution < 1.29 is 14.7 Å². The van der Waals surface area contributed by atoms with Crippen LogP contribution in [0.1, 0.15) is 32.3 Å². The molecule has 1 aromatic rings. The molecule has 1 fully saturated rings. The Hall–Kier alpha value is -1.84. The molecule has 1 aliphatic rings. The summed E-state index contributed by atoms with van der Waals surface area (Å²) in [5, 5.41) is 9.66. The van der Waals surface area contributed by atoms with Crippen molar-refractivity contribution in [2.24, 2.45) is 5.41 Å². The number of anilines is 1. The molecule has 1 N–H and O–H groups in total. The molecular weight excluding hydrogens is 230 g/mol. The predicted molar refractivity (Wildman–Crippen MR) is 68.4 cm³/mol. The first-order valence-corrected chi connectivity index (χ1v) is 5.96. The Kier molecular flexibility index (Phi) is 2.89. The van der Waals surface area contributed by atoms with Crippen LogP contribution in [0.15, 0.2) is 18.2 Å². The molecule has 0 atom stereocenters. The van der Waals surface area contributed by atoms with Gasteiger partial charge >= 0.3 is 0 Å². The van der Waals surface area contributed by atoms with Crippen LogP contribution in [0.25, 0.3) is 0 Å². The smallest absolute Gasteiger partial charge is 0.234 e. The minimum atomic E-state index is -0.282. The van der Waals surface area contributed by atoms with E-state index in [-0.39, 0.29) is 23.0 Å². The molecule has 0 aliphatic carbocycles. The van der Waals surface area contributed by atoms with Gasteiger partial charge in [0.2, 0.25) is 11.8 Å². The minimum absolute atomic E-state index is 0.0953. The van der Waals surface area contributed by atoms with E-state index in [0.717, 1.165) is 0 Å². The van der Waals surface area contributed by atoms with Crippen LogP contribution in [0.3, 0.4) is 0 Å². The summed E-state index contributed by atoms with van der Waals surface area (Å²) in [5.41, 5.74) is 0.759. The van der Waals surface area contributed by atoms with Gasteiger partial charge in [0.05, 0.1) is 5.69 Å². The third-order valence-corrected chi connectivity index (χ3v) is 3.28. The zero-order valence-corrected chi connectivity index (χ0v) is 10.9. The number of piperidine rings is 1. The highest BCUT2D eigenvalue weighted by Gasteiger charge is 2.38. The van der Waals surface area contributed by atoms with Gasteiger partial charge in [-0.05, 0) is 24.5 Å². The molecule has 0 radical (unpaired) electrons. The van der Waals surface area contributed by atoms with Gasteiger partial charge in [0.1, 0.15) is 5.75 Å². The van der Waals surface area contributed by atoms with E-state index in [1.54, 1.807) is 25.1 Å². The molecule has 0 saturated carbocycles. The topological polar surface area (TPSA) is 57.6 Å². The third-order valence-electron chi connectivity index (χ3n) is 3.28. The second-order valence-electron chi connectivity index (χ2n) is 5.56. The third kappa shape index (κ3) is 2.10. The van der Waals surface area contributed by atoms with E-state index in [0.29, 0.717) is 24.1 Å². The first-order valence-electron chi connectivity index (χ1n) is 5.96. The van der Waals surface area contributed by atoms with E-state index in [1.165, 1.54) is 4.90 Å². The van der Waals surface area contributed by atoms with E-state index in [9.17, 15) is 14.7 Å². The van der Waals surface area contributed by atoms with Crippen molar-refractivity contribution in [3.05, 3.63) is 23.8 Å². The summed E-state index contributed by atoms with van der Waals surface area (Å²) in [6.45, 7) is 5.52. The van der Waals surface area contributed by atoms with Gasteiger partial charge in [0.15, 0.2) is 0 Å². The van der Waals surface area contributed by atoms with Gasteiger partial charge in [-0.2, -0.15) is 0 Å². The van der Waals surface area contributed by atoms with E-state index in [2.05, 4.69) is 0 Å². The molecule has 1 aromatic carbocycles. The Morgan fingerprint density at radius 2 is 1.72 bits per heavy atom. The number of amides is 2. The van der Waals surface area contributed by atoms with Crippen LogP contribution in [0.4, 0.5) is 5.69 Å². The first kappa shape index (κ1) is 12.6. The number of benzene rings is 1. The van der Waals surface area contributed by atoms with E-state index >= 15 is 0 Å². The lowest BCUT2D eigenvalue weighted by molar-refractivity contribution is -0.132. The molecular formula is C14H17NO3. The van der Waals surface area contributed by atoms with Crippen LogP contribution in [-0.2, 0) is 9.59 Å². The summed E-state index contributed by atoms with van der Waals surface area (Å²) in [5.74, 6) is -0.312. The van der Waals surface area contributed by atoms with Crippen molar-refractivity contribution in [2.45, 2.75) is 33.6 Å². The summed E-state index contributed by atoms with van der Waals surface area (Å²) in [6.07, 6.45) is 0.682. The zero-order chi connectivity index (χ0) is 13.5. The fraction of sp³-hybridized carbons (Fsp3) is 0.429. The molecule has 1 heterocycles. The van der Waals surface area contributed by atoms with Gasteiger partial charge in [0, 0.05) is 18.4 Å². The number of imide groups is 1. The monoisotopic (exact) mass is 247 g/mol. The molecule has 4 heteroatoms. The van der Waals surface area contributed by atoms with Gasteiger partial charge < -0.3 is 5.11 Å². The average molecular weight is 247 g/mol. The highest BCUT2D eigenvalue weighted by atomic mass is 16.3. The van der Waals surface area contributed by atoms with Crippen LogP contribution in [0, 0.1) is 12.3 Å². The Bertz CT molecular complexity index is 500. The number of nitrogens with zero attached hydrogens (tertiary/aromatic N) is 1. The Morgan fingerprint density at radius 3 is 2.28 bits per heavy atom. The molecule has 1 aliphatic heterocycles. The largest absolute Gasteiger partial charge is 0.508 e. The summed E-state index contributed by atoms with van der Waals surface area (Å²) in [7, 11) is 0. The molecule has 4 nitrogen and oxygen atoms in total. The van der Waals surface area contributed by atoms with Crippen LogP contribution < -0.4 is 4.90 Å². The fourth-order valence-electron chi connectivity index (χ4n) is 2.30. The number of phenolic OH excluding ortho intramolecular Hbond substituents is 1. The molecule has 18 heavy (non-hydrogen) atoms. The van der Waals surface area contributed by atoms with Crippen LogP contribution in [0.5, 0.6) is 5.75 Å². The standard InChI is InChI=1S/C14H17NO3/c1-9-10(5-4-6-11(9)16)15-12(17)7-14(2,3)8-13(15)18/h4-6,16H,7-8H2,1-3H3. The average Bonchev–Trinajstić information content (AvgIpc) is 2.21. The highest BCUT2D eigenvalue weighted by molar-refractivity contribution is 6.17. The van der Waals surface area contributed by atoms with Gasteiger partial charge in [-0.25, -0.2) is 0 Å². The number of hydrogen-bond donors (Lipinski definition) is 1. The molecule has 2 amide bonds. The van der Waals surface area contributed by atoms with Crippen molar-refractivity contribution in [1.29, 1.82) is 0 Å². The molecule has 0 aromatic heterocycles. The second-order valence-corrected chi connectivity index (χ2v) is 5.56. The number of hydrogen-bond acceptors (Lipinski definition) is 3. The summed E-state index contributed by atoms with van der Waals surface area (Å²) in [6, 6.07) is 4.86. The molecule has 0 spiro atoms. The van der Waals surface area contributed by atoms with Crippen molar-refractivity contribution in [3.8, 4) is 5.75 Å². The number of rotatable bonds is 1. The van der Waals surface area contributed by atoms with Crippen molar-refractivity contribution >= 4 is 17.5 Å². The maximum absolute atomic E-state index is 12.1. The lowest BCUT2D eigenvalue weighted by Crippen LogP contribution is -2.46. The van der Waals surface area contributed by atoms with Gasteiger partial charge in [-0.15, -0.1) is 0 Å². The number of carbonyl (C=O) groups is 2. The molecule has 96 valence electrons. The summed E-state index contributed by atoms with van der Waals surface area (Å²) < 4.78 is 0. The van der Waals surface area contributed by atoms with E-state index in [4.69, 9.17) is 0 Å². The predicted octanol–water partition coefficient (Wildman–Crippen LogP) is 2.38. The second kappa shape index (κ2) is 4.12. The highest BCUT2D eigenvalue weighted by Crippen LogP contribution is 2.36. The lowest BCUT2D eigenvalue weighted by Gasteiger charge is -2.35.